The molecule has 0 radical (unpaired) electrons. The van der Waals surface area contributed by atoms with Crippen molar-refractivity contribution in [3.05, 3.63) is 67.0 Å². The van der Waals surface area contributed by atoms with Gasteiger partial charge in [0.05, 0.1) is 17.2 Å². The molecule has 18 heavy (non-hydrogen) atoms. The number of fused-ring (bicyclic) bond motifs is 2. The smallest absolute Gasteiger partial charge is 0.0944 e. The molecule has 0 aliphatic rings. The highest BCUT2D eigenvalue weighted by Gasteiger charge is 2.04. The Morgan fingerprint density at radius 1 is 0.778 bits per heavy atom. The van der Waals surface area contributed by atoms with Crippen molar-refractivity contribution in [1.29, 1.82) is 0 Å². The van der Waals surface area contributed by atoms with Gasteiger partial charge in [0.2, 0.25) is 0 Å². The molecular weight excluding hydrogens is 222 g/mol. The molecule has 3 heteroatoms. The number of rotatable bonds is 1. The van der Waals surface area contributed by atoms with Crippen molar-refractivity contribution >= 4 is 21.8 Å². The van der Waals surface area contributed by atoms with Gasteiger partial charge in [0.15, 0.2) is 0 Å². The van der Waals surface area contributed by atoms with E-state index in [1.54, 1.807) is 0 Å². The average Bonchev–Trinajstić information content (AvgIpc) is 3.02. The molecule has 86 valence electrons. The SMILES string of the molecule is c1ccc2nn(-n3ccc4ccccc43)cc2c1. The van der Waals surface area contributed by atoms with E-state index in [0.29, 0.717) is 0 Å². The normalized spacial score (nSPS) is 11.3. The first kappa shape index (κ1) is 9.48. The van der Waals surface area contributed by atoms with Crippen LogP contribution in [0, 0.1) is 0 Å². The Balaban J connectivity index is 2.01. The van der Waals surface area contributed by atoms with Crippen molar-refractivity contribution in [3.8, 4) is 0 Å². The Bertz CT molecular complexity index is 806. The highest BCUT2D eigenvalue weighted by atomic mass is 15.6. The minimum atomic E-state index is 1.01. The Kier molecular flexibility index (Phi) is 1.83. The lowest BCUT2D eigenvalue weighted by Crippen LogP contribution is -2.07. The van der Waals surface area contributed by atoms with Crippen molar-refractivity contribution in [3.63, 3.8) is 0 Å². The van der Waals surface area contributed by atoms with E-state index in [1.165, 1.54) is 5.39 Å². The van der Waals surface area contributed by atoms with E-state index >= 15 is 0 Å². The fourth-order valence-electron chi connectivity index (χ4n) is 2.31. The van der Waals surface area contributed by atoms with Gasteiger partial charge >= 0.3 is 0 Å². The molecule has 2 aromatic heterocycles. The quantitative estimate of drug-likeness (QED) is 0.494. The van der Waals surface area contributed by atoms with Gasteiger partial charge in [0, 0.05) is 17.0 Å². The lowest BCUT2D eigenvalue weighted by Gasteiger charge is -2.03. The summed E-state index contributed by atoms with van der Waals surface area (Å²) in [6.45, 7) is 0. The van der Waals surface area contributed by atoms with E-state index in [2.05, 4.69) is 34.0 Å². The van der Waals surface area contributed by atoms with Crippen LogP contribution in [-0.2, 0) is 0 Å². The molecule has 2 aromatic carbocycles. The standard InChI is InChI=1S/C15H11N3/c1-3-7-14-13(6-1)11-18(16-14)17-10-9-12-5-2-4-8-15(12)17/h1-11H. The molecule has 0 amide bonds. The second kappa shape index (κ2) is 3.47. The number of nitrogens with zero attached hydrogens (tertiary/aromatic N) is 3. The van der Waals surface area contributed by atoms with E-state index in [9.17, 15) is 0 Å². The van der Waals surface area contributed by atoms with E-state index in [0.717, 1.165) is 16.4 Å². The molecule has 0 N–H and O–H groups in total. The summed E-state index contributed by atoms with van der Waals surface area (Å²) in [7, 11) is 0. The van der Waals surface area contributed by atoms with Crippen LogP contribution in [0.25, 0.3) is 21.8 Å². The summed E-state index contributed by atoms with van der Waals surface area (Å²) >= 11 is 0. The highest BCUT2D eigenvalue weighted by Crippen LogP contribution is 2.17. The van der Waals surface area contributed by atoms with Gasteiger partial charge in [-0.3, -0.25) is 0 Å². The molecule has 4 aromatic rings. The highest BCUT2D eigenvalue weighted by molar-refractivity contribution is 5.81. The maximum Gasteiger partial charge on any atom is 0.0944 e. The summed E-state index contributed by atoms with van der Waals surface area (Å²) in [5.74, 6) is 0. The molecule has 0 saturated heterocycles. The van der Waals surface area contributed by atoms with Crippen LogP contribution in [0.1, 0.15) is 0 Å². The van der Waals surface area contributed by atoms with Gasteiger partial charge in [-0.1, -0.05) is 36.4 Å². The monoisotopic (exact) mass is 233 g/mol. The van der Waals surface area contributed by atoms with Gasteiger partial charge in [-0.05, 0) is 18.2 Å². The van der Waals surface area contributed by atoms with Crippen molar-refractivity contribution in [2.75, 3.05) is 0 Å². The summed E-state index contributed by atoms with van der Waals surface area (Å²) in [6, 6.07) is 18.5. The summed E-state index contributed by atoms with van der Waals surface area (Å²) < 4.78 is 2.05. The molecule has 0 saturated carbocycles. The Morgan fingerprint density at radius 3 is 2.44 bits per heavy atom. The lowest BCUT2D eigenvalue weighted by molar-refractivity contribution is 0.603. The zero-order valence-electron chi connectivity index (χ0n) is 9.69. The molecule has 0 fully saturated rings. The van der Waals surface area contributed by atoms with Gasteiger partial charge in [0.1, 0.15) is 0 Å². The van der Waals surface area contributed by atoms with Crippen molar-refractivity contribution < 1.29 is 0 Å². The fraction of sp³-hybridized carbons (Fsp3) is 0. The van der Waals surface area contributed by atoms with Crippen LogP contribution in [0.3, 0.4) is 0 Å². The summed E-state index contributed by atoms with van der Waals surface area (Å²) in [4.78, 5) is 1.88. The fourth-order valence-corrected chi connectivity index (χ4v) is 2.31. The van der Waals surface area contributed by atoms with Crippen molar-refractivity contribution in [2.45, 2.75) is 0 Å². The van der Waals surface area contributed by atoms with Crippen LogP contribution in [0.15, 0.2) is 67.0 Å². The van der Waals surface area contributed by atoms with E-state index in [-0.39, 0.29) is 0 Å². The van der Waals surface area contributed by atoms with E-state index in [4.69, 9.17) is 0 Å². The predicted molar refractivity (Wildman–Crippen MR) is 72.5 cm³/mol. The van der Waals surface area contributed by atoms with Gasteiger partial charge in [0.25, 0.3) is 0 Å². The van der Waals surface area contributed by atoms with Gasteiger partial charge in [-0.2, -0.15) is 9.89 Å². The molecule has 2 heterocycles. The lowest BCUT2D eigenvalue weighted by atomic mass is 10.3. The van der Waals surface area contributed by atoms with Crippen LogP contribution < -0.4 is 0 Å². The molecular formula is C15H11N3. The maximum absolute atomic E-state index is 4.58. The molecule has 0 unspecified atom stereocenters. The summed E-state index contributed by atoms with van der Waals surface area (Å²) in [6.07, 6.45) is 4.08. The number of para-hydroxylation sites is 1. The van der Waals surface area contributed by atoms with Crippen LogP contribution in [0.5, 0.6) is 0 Å². The number of hydrogen-bond acceptors (Lipinski definition) is 1. The van der Waals surface area contributed by atoms with Crippen LogP contribution in [0.2, 0.25) is 0 Å². The largest absolute Gasteiger partial charge is 0.240 e. The first-order chi connectivity index (χ1) is 8.92. The van der Waals surface area contributed by atoms with Crippen molar-refractivity contribution in [1.82, 2.24) is 14.6 Å². The third-order valence-electron chi connectivity index (χ3n) is 3.20. The molecule has 0 aliphatic heterocycles. The molecule has 4 rings (SSSR count). The summed E-state index contributed by atoms with van der Waals surface area (Å²) in [5, 5.41) is 6.95. The number of benzene rings is 2. The van der Waals surface area contributed by atoms with Gasteiger partial charge < -0.3 is 0 Å². The zero-order chi connectivity index (χ0) is 11.9. The summed E-state index contributed by atoms with van der Waals surface area (Å²) in [5.41, 5.74) is 2.17. The molecule has 0 spiro atoms. The second-order valence-corrected chi connectivity index (χ2v) is 4.33. The first-order valence-electron chi connectivity index (χ1n) is 5.93. The Hall–Kier alpha value is -2.55. The Labute approximate surface area is 104 Å². The Morgan fingerprint density at radius 2 is 1.56 bits per heavy atom. The van der Waals surface area contributed by atoms with Gasteiger partial charge in [-0.25, -0.2) is 4.68 Å². The third kappa shape index (κ3) is 1.27. The molecule has 0 aliphatic carbocycles. The maximum atomic E-state index is 4.58. The second-order valence-electron chi connectivity index (χ2n) is 4.33. The van der Waals surface area contributed by atoms with Crippen LogP contribution >= 0.6 is 0 Å². The minimum Gasteiger partial charge on any atom is -0.240 e. The number of aromatic nitrogens is 3. The van der Waals surface area contributed by atoms with Gasteiger partial charge in [-0.15, -0.1) is 0 Å². The van der Waals surface area contributed by atoms with Crippen LogP contribution in [-0.4, -0.2) is 14.6 Å². The minimum absolute atomic E-state index is 1.01. The zero-order valence-corrected chi connectivity index (χ0v) is 9.69. The molecule has 0 atom stereocenters. The van der Waals surface area contributed by atoms with Crippen LogP contribution in [0.4, 0.5) is 0 Å². The average molecular weight is 233 g/mol. The van der Waals surface area contributed by atoms with Crippen molar-refractivity contribution in [2.24, 2.45) is 0 Å². The van der Waals surface area contributed by atoms with E-state index in [1.807, 2.05) is 47.5 Å². The topological polar surface area (TPSA) is 22.8 Å². The molecule has 3 nitrogen and oxygen atoms in total. The van der Waals surface area contributed by atoms with E-state index < -0.39 is 0 Å². The first-order valence-corrected chi connectivity index (χ1v) is 5.93. The number of hydrogen-bond donors (Lipinski definition) is 0. The predicted octanol–water partition coefficient (Wildman–Crippen LogP) is 3.30. The third-order valence-corrected chi connectivity index (χ3v) is 3.20. The molecule has 0 bridgehead atoms.